The molecule has 0 radical (unpaired) electrons. The average molecular weight is 635 g/mol. The molecule has 35 heavy (non-hydrogen) atoms. The van der Waals surface area contributed by atoms with Gasteiger partial charge in [0.2, 0.25) is 5.91 Å². The summed E-state index contributed by atoms with van der Waals surface area (Å²) >= 11 is 9.55. The highest BCUT2D eigenvalue weighted by Gasteiger charge is 2.10. The van der Waals surface area contributed by atoms with E-state index in [1.165, 1.54) is 30.2 Å². The first-order chi connectivity index (χ1) is 16.8. The van der Waals surface area contributed by atoms with Crippen LogP contribution in [-0.4, -0.2) is 41.0 Å². The van der Waals surface area contributed by atoms with E-state index < -0.39 is 5.97 Å². The standard InChI is InChI=1S/C24H17Br2N3O4S2/c1-33-23(32)13-2-4-16(5-3-13)28-21(30)12-34-24-29-19-7-6-17(10-20(19)35-24)27-11-14-8-15(25)9-18(26)22(14)31/h2-11,31H,12H2,1H3,(H,28,30). The Hall–Kier alpha value is -2.73. The average Bonchev–Trinajstić information content (AvgIpc) is 3.26. The fourth-order valence-corrected chi connectivity index (χ4v) is 6.15. The fraction of sp³-hybridized carbons (Fsp3) is 0.0833. The summed E-state index contributed by atoms with van der Waals surface area (Å²) in [5.74, 6) is -0.291. The van der Waals surface area contributed by atoms with E-state index in [9.17, 15) is 14.7 Å². The highest BCUT2D eigenvalue weighted by Crippen LogP contribution is 2.33. The highest BCUT2D eigenvalue weighted by atomic mass is 79.9. The molecular weight excluding hydrogens is 618 g/mol. The van der Waals surface area contributed by atoms with Crippen LogP contribution >= 0.6 is 55.0 Å². The van der Waals surface area contributed by atoms with Crippen LogP contribution in [0.3, 0.4) is 0 Å². The lowest BCUT2D eigenvalue weighted by Crippen LogP contribution is -2.14. The minimum Gasteiger partial charge on any atom is -0.506 e. The first-order valence-corrected chi connectivity index (χ1v) is 13.4. The molecule has 11 heteroatoms. The number of aromatic nitrogens is 1. The zero-order valence-corrected chi connectivity index (χ0v) is 22.9. The van der Waals surface area contributed by atoms with Gasteiger partial charge in [-0.3, -0.25) is 9.79 Å². The van der Waals surface area contributed by atoms with Crippen molar-refractivity contribution in [1.82, 2.24) is 4.98 Å². The van der Waals surface area contributed by atoms with Crippen LogP contribution in [0.4, 0.5) is 11.4 Å². The molecular formula is C24H17Br2N3O4S2. The molecule has 0 atom stereocenters. The van der Waals surface area contributed by atoms with Crippen LogP contribution in [0.2, 0.25) is 0 Å². The number of hydrogen-bond acceptors (Lipinski definition) is 8. The summed E-state index contributed by atoms with van der Waals surface area (Å²) in [4.78, 5) is 32.9. The number of methoxy groups -OCH3 is 1. The molecule has 0 bridgehead atoms. The Bertz CT molecular complexity index is 1440. The van der Waals surface area contributed by atoms with Gasteiger partial charge in [0.1, 0.15) is 5.75 Å². The Labute approximate surface area is 225 Å². The largest absolute Gasteiger partial charge is 0.506 e. The van der Waals surface area contributed by atoms with E-state index in [1.54, 1.807) is 42.6 Å². The van der Waals surface area contributed by atoms with Gasteiger partial charge in [0, 0.05) is 21.9 Å². The second kappa shape index (κ2) is 11.3. The topological polar surface area (TPSA) is 101 Å². The number of thiazole rings is 1. The maximum absolute atomic E-state index is 12.3. The van der Waals surface area contributed by atoms with Gasteiger partial charge in [0.25, 0.3) is 0 Å². The van der Waals surface area contributed by atoms with Crippen LogP contribution in [0.25, 0.3) is 10.2 Å². The highest BCUT2D eigenvalue weighted by molar-refractivity contribution is 9.11. The normalized spacial score (nSPS) is 11.2. The Kier molecular flexibility index (Phi) is 8.22. The number of carbonyl (C=O) groups is 2. The van der Waals surface area contributed by atoms with Crippen molar-refractivity contribution in [2.24, 2.45) is 4.99 Å². The number of halogens is 2. The number of anilines is 1. The van der Waals surface area contributed by atoms with Crippen molar-refractivity contribution in [2.75, 3.05) is 18.2 Å². The summed E-state index contributed by atoms with van der Waals surface area (Å²) in [6.45, 7) is 0. The molecule has 1 aromatic heterocycles. The number of carbonyl (C=O) groups excluding carboxylic acids is 2. The molecule has 3 aromatic carbocycles. The van der Waals surface area contributed by atoms with E-state index in [0.717, 1.165) is 24.7 Å². The van der Waals surface area contributed by atoms with Crippen molar-refractivity contribution in [3.05, 3.63) is 74.7 Å². The van der Waals surface area contributed by atoms with E-state index in [2.05, 4.69) is 51.9 Å². The number of nitrogens with one attached hydrogen (secondary N) is 1. The lowest BCUT2D eigenvalue weighted by Gasteiger charge is -2.05. The molecule has 1 heterocycles. The predicted octanol–water partition coefficient (Wildman–Crippen LogP) is 6.79. The molecule has 0 saturated carbocycles. The summed E-state index contributed by atoms with van der Waals surface area (Å²) in [6, 6.07) is 15.7. The predicted molar refractivity (Wildman–Crippen MR) is 148 cm³/mol. The number of phenols is 1. The summed E-state index contributed by atoms with van der Waals surface area (Å²) in [5.41, 5.74) is 3.14. The van der Waals surface area contributed by atoms with Crippen LogP contribution in [0, 0.1) is 0 Å². The number of thioether (sulfide) groups is 1. The summed E-state index contributed by atoms with van der Waals surface area (Å²) in [5, 5.41) is 13.0. The van der Waals surface area contributed by atoms with Crippen molar-refractivity contribution in [1.29, 1.82) is 0 Å². The number of benzene rings is 3. The molecule has 0 aliphatic rings. The molecule has 0 aliphatic heterocycles. The van der Waals surface area contributed by atoms with Gasteiger partial charge in [0.15, 0.2) is 4.34 Å². The fourth-order valence-electron chi connectivity index (χ4n) is 2.99. The zero-order chi connectivity index (χ0) is 24.9. The third kappa shape index (κ3) is 6.49. The molecule has 0 saturated heterocycles. The van der Waals surface area contributed by atoms with Crippen LogP contribution < -0.4 is 5.32 Å². The van der Waals surface area contributed by atoms with Crippen molar-refractivity contribution in [3.8, 4) is 5.75 Å². The van der Waals surface area contributed by atoms with Crippen LogP contribution in [0.15, 0.2) is 72.9 Å². The van der Waals surface area contributed by atoms with Gasteiger partial charge < -0.3 is 15.2 Å². The summed E-state index contributed by atoms with van der Waals surface area (Å²) in [6.07, 6.45) is 1.60. The van der Waals surface area contributed by atoms with Crippen molar-refractivity contribution in [3.63, 3.8) is 0 Å². The van der Waals surface area contributed by atoms with E-state index in [0.29, 0.717) is 21.3 Å². The maximum Gasteiger partial charge on any atom is 0.337 e. The third-order valence-corrected chi connectivity index (χ3v) is 7.90. The van der Waals surface area contributed by atoms with Gasteiger partial charge in [-0.1, -0.05) is 27.7 Å². The number of aromatic hydroxyl groups is 1. The molecule has 2 N–H and O–H groups in total. The van der Waals surface area contributed by atoms with Gasteiger partial charge in [-0.15, -0.1) is 11.3 Å². The van der Waals surface area contributed by atoms with Gasteiger partial charge in [-0.2, -0.15) is 0 Å². The number of phenolic OH excluding ortho intramolecular Hbond substituents is 1. The molecule has 1 amide bonds. The Morgan fingerprint density at radius 1 is 1.17 bits per heavy atom. The molecule has 0 aliphatic carbocycles. The van der Waals surface area contributed by atoms with E-state index >= 15 is 0 Å². The Morgan fingerprint density at radius 3 is 2.69 bits per heavy atom. The third-order valence-electron chi connectivity index (χ3n) is 4.68. The van der Waals surface area contributed by atoms with Gasteiger partial charge >= 0.3 is 5.97 Å². The van der Waals surface area contributed by atoms with Crippen LogP contribution in [-0.2, 0) is 9.53 Å². The monoisotopic (exact) mass is 633 g/mol. The Morgan fingerprint density at radius 2 is 1.94 bits per heavy atom. The van der Waals surface area contributed by atoms with Gasteiger partial charge in [-0.25, -0.2) is 9.78 Å². The minimum absolute atomic E-state index is 0.118. The van der Waals surface area contributed by atoms with E-state index in [1.807, 2.05) is 18.2 Å². The molecule has 7 nitrogen and oxygen atoms in total. The number of rotatable bonds is 7. The Balaban J connectivity index is 1.38. The molecule has 0 spiro atoms. The van der Waals surface area contributed by atoms with Crippen molar-refractivity contribution >= 4 is 94.6 Å². The second-order valence-corrected chi connectivity index (χ2v) is 11.1. The van der Waals surface area contributed by atoms with Gasteiger partial charge in [0.05, 0.1) is 38.8 Å². The lowest BCUT2D eigenvalue weighted by atomic mass is 10.2. The number of esters is 1. The lowest BCUT2D eigenvalue weighted by molar-refractivity contribution is -0.113. The first-order valence-electron chi connectivity index (χ1n) is 10.1. The molecule has 4 aromatic rings. The van der Waals surface area contributed by atoms with Gasteiger partial charge in [-0.05, 0) is 70.5 Å². The quantitative estimate of drug-likeness (QED) is 0.132. The number of ether oxygens (including phenoxy) is 1. The summed E-state index contributed by atoms with van der Waals surface area (Å²) < 4.78 is 7.79. The number of hydrogen-bond donors (Lipinski definition) is 2. The van der Waals surface area contributed by atoms with E-state index in [-0.39, 0.29) is 17.4 Å². The molecule has 178 valence electrons. The maximum atomic E-state index is 12.3. The minimum atomic E-state index is -0.428. The smallest absolute Gasteiger partial charge is 0.337 e. The first kappa shape index (κ1) is 25.4. The second-order valence-electron chi connectivity index (χ2n) is 7.12. The molecule has 0 unspecified atom stereocenters. The van der Waals surface area contributed by atoms with Crippen molar-refractivity contribution in [2.45, 2.75) is 4.34 Å². The van der Waals surface area contributed by atoms with Crippen LogP contribution in [0.1, 0.15) is 15.9 Å². The van der Waals surface area contributed by atoms with Crippen LogP contribution in [0.5, 0.6) is 5.75 Å². The number of aliphatic imine (C=N–C) groups is 1. The number of fused-ring (bicyclic) bond motifs is 1. The summed E-state index contributed by atoms with van der Waals surface area (Å²) in [7, 11) is 1.32. The SMILES string of the molecule is COC(=O)c1ccc(NC(=O)CSc2nc3ccc(N=Cc4cc(Br)cc(Br)c4O)cc3s2)cc1. The zero-order valence-electron chi connectivity index (χ0n) is 18.1. The molecule has 4 rings (SSSR count). The number of nitrogens with zero attached hydrogens (tertiary/aromatic N) is 2. The van der Waals surface area contributed by atoms with Crippen molar-refractivity contribution < 1.29 is 19.4 Å². The molecule has 0 fully saturated rings. The van der Waals surface area contributed by atoms with E-state index in [4.69, 9.17) is 0 Å². The number of amides is 1.